The standard InChI is InChI=1S/C11H12Cl2FNO/c1-7(12)5-6-15-11(16)8-3-2-4-9(14)10(8)13/h2-4,7H,5-6H2,1H3,(H,15,16). The van der Waals surface area contributed by atoms with Gasteiger partial charge in [0.05, 0.1) is 10.6 Å². The predicted octanol–water partition coefficient (Wildman–Crippen LogP) is 3.23. The van der Waals surface area contributed by atoms with Gasteiger partial charge in [0.1, 0.15) is 5.82 Å². The number of halogens is 3. The Balaban J connectivity index is 2.63. The van der Waals surface area contributed by atoms with E-state index in [1.54, 1.807) is 0 Å². The molecule has 1 aromatic rings. The largest absolute Gasteiger partial charge is 0.352 e. The van der Waals surface area contributed by atoms with Crippen LogP contribution in [0.4, 0.5) is 4.39 Å². The monoisotopic (exact) mass is 263 g/mol. The van der Waals surface area contributed by atoms with E-state index in [4.69, 9.17) is 23.2 Å². The molecule has 0 aliphatic rings. The van der Waals surface area contributed by atoms with Crippen LogP contribution in [-0.4, -0.2) is 17.8 Å². The van der Waals surface area contributed by atoms with Gasteiger partial charge in [-0.25, -0.2) is 4.39 Å². The van der Waals surface area contributed by atoms with E-state index in [9.17, 15) is 9.18 Å². The zero-order valence-corrected chi connectivity index (χ0v) is 10.3. The second-order valence-electron chi connectivity index (χ2n) is 3.43. The highest BCUT2D eigenvalue weighted by Crippen LogP contribution is 2.19. The summed E-state index contributed by atoms with van der Waals surface area (Å²) in [6.45, 7) is 2.28. The first-order valence-electron chi connectivity index (χ1n) is 4.88. The van der Waals surface area contributed by atoms with Crippen LogP contribution in [0.1, 0.15) is 23.7 Å². The average molecular weight is 264 g/mol. The van der Waals surface area contributed by atoms with Crippen molar-refractivity contribution in [3.63, 3.8) is 0 Å². The highest BCUT2D eigenvalue weighted by Gasteiger charge is 2.12. The van der Waals surface area contributed by atoms with Crippen molar-refractivity contribution < 1.29 is 9.18 Å². The Bertz CT molecular complexity index is 382. The van der Waals surface area contributed by atoms with Crippen molar-refractivity contribution in [2.45, 2.75) is 18.7 Å². The Labute approximate surface area is 104 Å². The summed E-state index contributed by atoms with van der Waals surface area (Å²) in [5, 5.41) is 2.46. The van der Waals surface area contributed by atoms with Crippen LogP contribution in [-0.2, 0) is 0 Å². The first-order chi connectivity index (χ1) is 7.52. The molecule has 88 valence electrons. The number of rotatable bonds is 4. The molecule has 0 radical (unpaired) electrons. The number of hydrogen-bond donors (Lipinski definition) is 1. The van der Waals surface area contributed by atoms with Crippen LogP contribution in [0.3, 0.4) is 0 Å². The van der Waals surface area contributed by atoms with Crippen LogP contribution >= 0.6 is 23.2 Å². The van der Waals surface area contributed by atoms with E-state index in [1.807, 2.05) is 6.92 Å². The molecule has 0 bridgehead atoms. The van der Waals surface area contributed by atoms with Crippen LogP contribution in [0, 0.1) is 5.82 Å². The lowest BCUT2D eigenvalue weighted by Gasteiger charge is -2.07. The van der Waals surface area contributed by atoms with Crippen molar-refractivity contribution in [2.24, 2.45) is 0 Å². The Morgan fingerprint density at radius 2 is 2.25 bits per heavy atom. The highest BCUT2D eigenvalue weighted by molar-refractivity contribution is 6.34. The Morgan fingerprint density at radius 1 is 1.56 bits per heavy atom. The van der Waals surface area contributed by atoms with E-state index in [2.05, 4.69) is 5.32 Å². The first kappa shape index (κ1) is 13.3. The van der Waals surface area contributed by atoms with Crippen LogP contribution < -0.4 is 5.32 Å². The summed E-state index contributed by atoms with van der Waals surface area (Å²) in [6, 6.07) is 4.13. The predicted molar refractivity (Wildman–Crippen MR) is 63.7 cm³/mol. The summed E-state index contributed by atoms with van der Waals surface area (Å²) in [7, 11) is 0. The molecule has 5 heteroatoms. The quantitative estimate of drug-likeness (QED) is 0.831. The SMILES string of the molecule is CC(Cl)CCNC(=O)c1cccc(F)c1Cl. The molecule has 0 heterocycles. The van der Waals surface area contributed by atoms with Crippen LogP contribution in [0.5, 0.6) is 0 Å². The van der Waals surface area contributed by atoms with Gasteiger partial charge in [0.15, 0.2) is 0 Å². The summed E-state index contributed by atoms with van der Waals surface area (Å²) in [5.74, 6) is -0.984. The fourth-order valence-corrected chi connectivity index (χ4v) is 1.48. The number of nitrogens with one attached hydrogen (secondary N) is 1. The van der Waals surface area contributed by atoms with E-state index in [0.29, 0.717) is 13.0 Å². The number of benzene rings is 1. The third-order valence-electron chi connectivity index (χ3n) is 2.02. The Morgan fingerprint density at radius 3 is 2.88 bits per heavy atom. The lowest BCUT2D eigenvalue weighted by molar-refractivity contribution is 0.0953. The fraction of sp³-hybridized carbons (Fsp3) is 0.364. The van der Waals surface area contributed by atoms with Gasteiger partial charge in [0, 0.05) is 11.9 Å². The molecule has 0 aliphatic heterocycles. The molecule has 16 heavy (non-hydrogen) atoms. The molecule has 2 nitrogen and oxygen atoms in total. The third kappa shape index (κ3) is 3.65. The molecule has 1 N–H and O–H groups in total. The molecule has 0 aromatic heterocycles. The van der Waals surface area contributed by atoms with Gasteiger partial charge in [0.25, 0.3) is 5.91 Å². The summed E-state index contributed by atoms with van der Waals surface area (Å²) in [6.07, 6.45) is 0.653. The van der Waals surface area contributed by atoms with E-state index in [0.717, 1.165) is 0 Å². The molecule has 1 unspecified atom stereocenters. The minimum atomic E-state index is -0.597. The topological polar surface area (TPSA) is 29.1 Å². The van der Waals surface area contributed by atoms with Gasteiger partial charge in [-0.3, -0.25) is 4.79 Å². The zero-order valence-electron chi connectivity index (χ0n) is 8.77. The van der Waals surface area contributed by atoms with Gasteiger partial charge in [0.2, 0.25) is 0 Å². The van der Waals surface area contributed by atoms with Gasteiger partial charge in [-0.05, 0) is 25.5 Å². The molecular formula is C11H12Cl2FNO. The van der Waals surface area contributed by atoms with Gasteiger partial charge in [-0.1, -0.05) is 17.7 Å². The zero-order chi connectivity index (χ0) is 12.1. The van der Waals surface area contributed by atoms with Gasteiger partial charge in [-0.15, -0.1) is 11.6 Å². The number of alkyl halides is 1. The number of carbonyl (C=O) groups is 1. The number of carbonyl (C=O) groups excluding carboxylic acids is 1. The van der Waals surface area contributed by atoms with Crippen molar-refractivity contribution in [1.29, 1.82) is 0 Å². The molecule has 0 spiro atoms. The molecule has 0 fully saturated rings. The molecule has 1 amide bonds. The molecule has 1 atom stereocenters. The summed E-state index contributed by atoms with van der Waals surface area (Å²) < 4.78 is 13.1. The highest BCUT2D eigenvalue weighted by atomic mass is 35.5. The maximum Gasteiger partial charge on any atom is 0.252 e. The van der Waals surface area contributed by atoms with Gasteiger partial charge in [-0.2, -0.15) is 0 Å². The van der Waals surface area contributed by atoms with Gasteiger partial charge >= 0.3 is 0 Å². The summed E-state index contributed by atoms with van der Waals surface area (Å²) in [4.78, 5) is 11.6. The van der Waals surface area contributed by atoms with E-state index in [1.165, 1.54) is 18.2 Å². The third-order valence-corrected chi connectivity index (χ3v) is 2.63. The molecule has 0 aliphatic carbocycles. The van der Waals surface area contributed by atoms with Crippen molar-refractivity contribution in [3.05, 3.63) is 34.6 Å². The summed E-state index contributed by atoms with van der Waals surface area (Å²) >= 11 is 11.4. The maximum atomic E-state index is 13.1. The van der Waals surface area contributed by atoms with E-state index < -0.39 is 5.82 Å². The normalized spacial score (nSPS) is 12.2. The van der Waals surface area contributed by atoms with Crippen molar-refractivity contribution in [2.75, 3.05) is 6.54 Å². The molecule has 0 saturated carbocycles. The van der Waals surface area contributed by atoms with Crippen molar-refractivity contribution in [3.8, 4) is 0 Å². The van der Waals surface area contributed by atoms with Gasteiger partial charge < -0.3 is 5.32 Å². The first-order valence-corrected chi connectivity index (χ1v) is 5.70. The van der Waals surface area contributed by atoms with Crippen LogP contribution in [0.15, 0.2) is 18.2 Å². The maximum absolute atomic E-state index is 13.1. The molecule has 0 saturated heterocycles. The fourth-order valence-electron chi connectivity index (χ4n) is 1.16. The van der Waals surface area contributed by atoms with Crippen LogP contribution in [0.25, 0.3) is 0 Å². The second-order valence-corrected chi connectivity index (χ2v) is 4.55. The molecule has 1 aromatic carbocycles. The minimum absolute atomic E-state index is 0.0109. The number of hydrogen-bond acceptors (Lipinski definition) is 1. The Kier molecular flexibility index (Phi) is 5.03. The van der Waals surface area contributed by atoms with Crippen LogP contribution in [0.2, 0.25) is 5.02 Å². The smallest absolute Gasteiger partial charge is 0.252 e. The number of amides is 1. The van der Waals surface area contributed by atoms with Crippen molar-refractivity contribution >= 4 is 29.1 Å². The van der Waals surface area contributed by atoms with E-state index in [-0.39, 0.29) is 21.9 Å². The summed E-state index contributed by atoms with van der Waals surface area (Å²) in [5.41, 5.74) is 0.142. The van der Waals surface area contributed by atoms with Crippen molar-refractivity contribution in [1.82, 2.24) is 5.32 Å². The minimum Gasteiger partial charge on any atom is -0.352 e. The van der Waals surface area contributed by atoms with E-state index >= 15 is 0 Å². The average Bonchev–Trinajstić information content (AvgIpc) is 2.21. The lowest BCUT2D eigenvalue weighted by atomic mass is 10.2. The lowest BCUT2D eigenvalue weighted by Crippen LogP contribution is -2.26. The Hall–Kier alpha value is -0.800. The molecule has 1 rings (SSSR count). The molecular weight excluding hydrogens is 252 g/mol. The second kappa shape index (κ2) is 6.06.